The van der Waals surface area contributed by atoms with Crippen LogP contribution in [-0.4, -0.2) is 19.1 Å². The molecule has 0 saturated carbocycles. The highest BCUT2D eigenvalue weighted by Crippen LogP contribution is 2.48. The predicted molar refractivity (Wildman–Crippen MR) is 223 cm³/mol. The van der Waals surface area contributed by atoms with Gasteiger partial charge in [-0.05, 0) is 70.9 Å². The second-order valence-electron chi connectivity index (χ2n) is 14.1. The highest BCUT2D eigenvalue weighted by Gasteiger charge is 2.28. The second-order valence-corrected chi connectivity index (χ2v) is 15.2. The molecule has 5 heterocycles. The third-order valence-corrected chi connectivity index (χ3v) is 12.6. The SMILES string of the molecule is c1ccc2c(c1)-c1nc3ccccc3nc1-n1c3ccccc3c3cc(-n4c5ccccc5c5c6ccc7sc8ccccc8c7c6ccc54)cc-2c31. The molecule has 0 aliphatic carbocycles. The Morgan fingerprint density at radius 1 is 0.396 bits per heavy atom. The quantitative estimate of drug-likeness (QED) is 0.172. The summed E-state index contributed by atoms with van der Waals surface area (Å²) in [5.41, 5.74) is 11.9. The van der Waals surface area contributed by atoms with Crippen LogP contribution in [0.5, 0.6) is 0 Å². The number of fused-ring (bicyclic) bond motifs is 18. The van der Waals surface area contributed by atoms with E-state index in [1.165, 1.54) is 69.1 Å². The van der Waals surface area contributed by atoms with E-state index in [4.69, 9.17) is 9.97 Å². The van der Waals surface area contributed by atoms with Gasteiger partial charge in [0.05, 0.1) is 33.1 Å². The number of aromatic nitrogens is 4. The molecule has 1 aliphatic rings. The average Bonchev–Trinajstić information content (AvgIpc) is 3.85. The van der Waals surface area contributed by atoms with Crippen molar-refractivity contribution in [2.75, 3.05) is 0 Å². The van der Waals surface area contributed by atoms with Gasteiger partial charge in [-0.15, -0.1) is 11.3 Å². The normalized spacial score (nSPS) is 12.5. The van der Waals surface area contributed by atoms with Gasteiger partial charge in [-0.1, -0.05) is 103 Å². The number of hydrogen-bond acceptors (Lipinski definition) is 3. The molecule has 8 aromatic carbocycles. The van der Waals surface area contributed by atoms with Gasteiger partial charge in [0.25, 0.3) is 0 Å². The maximum atomic E-state index is 5.34. The van der Waals surface area contributed by atoms with Gasteiger partial charge in [0.15, 0.2) is 5.82 Å². The van der Waals surface area contributed by atoms with Crippen LogP contribution in [0, 0.1) is 0 Å². The molecule has 244 valence electrons. The lowest BCUT2D eigenvalue weighted by Gasteiger charge is -2.14. The molecule has 5 heteroatoms. The number of para-hydroxylation sites is 4. The number of rotatable bonds is 1. The van der Waals surface area contributed by atoms with Crippen LogP contribution in [0.3, 0.4) is 0 Å². The summed E-state index contributed by atoms with van der Waals surface area (Å²) in [4.78, 5) is 10.6. The molecule has 0 unspecified atom stereocenters. The summed E-state index contributed by atoms with van der Waals surface area (Å²) >= 11 is 1.88. The van der Waals surface area contributed by atoms with E-state index in [9.17, 15) is 0 Å². The van der Waals surface area contributed by atoms with E-state index >= 15 is 0 Å². The van der Waals surface area contributed by atoms with E-state index in [1.54, 1.807) is 0 Å². The van der Waals surface area contributed by atoms with Crippen LogP contribution in [0.4, 0.5) is 0 Å². The standard InChI is InChI=1S/C48H26N4S/c1-2-13-32-28(11-1)35-25-27(26-36-29-12-3-8-18-39(29)52(47(35)36)48-46(32)49-37-16-6-7-17-38(37)50-48)51-40-19-9-4-14-33(40)44-30-22-24-43-45(31(30)21-23-41(44)51)34-15-5-10-20-42(34)53-43/h1-26H. The first kappa shape index (κ1) is 27.8. The highest BCUT2D eigenvalue weighted by atomic mass is 32.1. The fourth-order valence-electron chi connectivity index (χ4n) is 9.26. The number of hydrogen-bond donors (Lipinski definition) is 0. The predicted octanol–water partition coefficient (Wildman–Crippen LogP) is 13.0. The Kier molecular flexibility index (Phi) is 5.22. The van der Waals surface area contributed by atoms with E-state index in [1.807, 2.05) is 23.5 Å². The van der Waals surface area contributed by atoms with Gasteiger partial charge in [0, 0.05) is 58.5 Å². The van der Waals surface area contributed by atoms with Gasteiger partial charge in [-0.2, -0.15) is 0 Å². The summed E-state index contributed by atoms with van der Waals surface area (Å²) in [6, 6.07) is 57.5. The summed E-state index contributed by atoms with van der Waals surface area (Å²) in [5, 5.41) is 10.2. The highest BCUT2D eigenvalue weighted by molar-refractivity contribution is 7.26. The topological polar surface area (TPSA) is 35.6 Å². The molecule has 0 saturated heterocycles. The first-order valence-electron chi connectivity index (χ1n) is 18.0. The van der Waals surface area contributed by atoms with E-state index < -0.39 is 0 Å². The Balaban J connectivity index is 1.19. The average molecular weight is 691 g/mol. The smallest absolute Gasteiger partial charge is 0.165 e. The summed E-state index contributed by atoms with van der Waals surface area (Å²) in [7, 11) is 0. The van der Waals surface area contributed by atoms with Crippen LogP contribution in [0.1, 0.15) is 0 Å². The van der Waals surface area contributed by atoms with Crippen molar-refractivity contribution < 1.29 is 0 Å². The molecule has 0 radical (unpaired) electrons. The Morgan fingerprint density at radius 2 is 1.06 bits per heavy atom. The monoisotopic (exact) mass is 690 g/mol. The van der Waals surface area contributed by atoms with E-state index in [0.29, 0.717) is 0 Å². The molecular formula is C48H26N4S. The van der Waals surface area contributed by atoms with E-state index in [0.717, 1.165) is 50.4 Å². The van der Waals surface area contributed by atoms with Crippen molar-refractivity contribution >= 4 is 96.9 Å². The maximum absolute atomic E-state index is 5.34. The van der Waals surface area contributed by atoms with Crippen LogP contribution in [0.15, 0.2) is 158 Å². The minimum absolute atomic E-state index is 0.865. The van der Waals surface area contributed by atoms with Crippen LogP contribution >= 0.6 is 11.3 Å². The molecule has 0 amide bonds. The van der Waals surface area contributed by atoms with Gasteiger partial charge in [0.1, 0.15) is 5.69 Å². The van der Waals surface area contributed by atoms with Crippen LogP contribution in [-0.2, 0) is 0 Å². The van der Waals surface area contributed by atoms with Gasteiger partial charge < -0.3 is 4.57 Å². The van der Waals surface area contributed by atoms with E-state index in [2.05, 4.69) is 155 Å². The lowest BCUT2D eigenvalue weighted by atomic mass is 9.95. The van der Waals surface area contributed by atoms with Crippen molar-refractivity contribution in [3.63, 3.8) is 0 Å². The Morgan fingerprint density at radius 3 is 1.92 bits per heavy atom. The number of nitrogens with zero attached hydrogens (tertiary/aromatic N) is 4. The van der Waals surface area contributed by atoms with Crippen molar-refractivity contribution in [1.82, 2.24) is 19.1 Å². The number of benzene rings is 8. The molecule has 0 fully saturated rings. The van der Waals surface area contributed by atoms with Crippen molar-refractivity contribution in [3.8, 4) is 33.9 Å². The fourth-order valence-corrected chi connectivity index (χ4v) is 10.4. The maximum Gasteiger partial charge on any atom is 0.165 e. The molecule has 4 aromatic heterocycles. The molecule has 53 heavy (non-hydrogen) atoms. The third-order valence-electron chi connectivity index (χ3n) is 11.4. The molecule has 4 nitrogen and oxygen atoms in total. The summed E-state index contributed by atoms with van der Waals surface area (Å²) in [6.45, 7) is 0. The van der Waals surface area contributed by atoms with Crippen LogP contribution < -0.4 is 0 Å². The molecule has 0 bridgehead atoms. The van der Waals surface area contributed by atoms with E-state index in [-0.39, 0.29) is 0 Å². The first-order valence-corrected chi connectivity index (χ1v) is 18.8. The van der Waals surface area contributed by atoms with Gasteiger partial charge in [-0.25, -0.2) is 9.97 Å². The molecule has 0 N–H and O–H groups in total. The Hall–Kier alpha value is -6.82. The van der Waals surface area contributed by atoms with Gasteiger partial charge in [0.2, 0.25) is 0 Å². The van der Waals surface area contributed by atoms with Gasteiger partial charge in [-0.3, -0.25) is 4.57 Å². The van der Waals surface area contributed by atoms with Crippen LogP contribution in [0.2, 0.25) is 0 Å². The molecular weight excluding hydrogens is 665 g/mol. The van der Waals surface area contributed by atoms with Crippen molar-refractivity contribution in [3.05, 3.63) is 158 Å². The zero-order chi connectivity index (χ0) is 34.4. The largest absolute Gasteiger partial charge is 0.309 e. The first-order chi connectivity index (χ1) is 26.3. The third kappa shape index (κ3) is 3.54. The second kappa shape index (κ2) is 9.94. The van der Waals surface area contributed by atoms with Crippen molar-refractivity contribution in [1.29, 1.82) is 0 Å². The molecule has 0 atom stereocenters. The lowest BCUT2D eigenvalue weighted by molar-refractivity contribution is 1.08. The Bertz CT molecular complexity index is 3580. The molecule has 12 aromatic rings. The minimum Gasteiger partial charge on any atom is -0.309 e. The molecule has 0 spiro atoms. The summed E-state index contributed by atoms with van der Waals surface area (Å²) in [6.07, 6.45) is 0. The molecule has 13 rings (SSSR count). The fraction of sp³-hybridized carbons (Fsp3) is 0. The number of thiophene rings is 1. The van der Waals surface area contributed by atoms with Crippen LogP contribution in [0.25, 0.3) is 119 Å². The van der Waals surface area contributed by atoms with Crippen molar-refractivity contribution in [2.24, 2.45) is 0 Å². The summed E-state index contributed by atoms with van der Waals surface area (Å²) < 4.78 is 7.49. The minimum atomic E-state index is 0.865. The Labute approximate surface area is 306 Å². The lowest BCUT2D eigenvalue weighted by Crippen LogP contribution is -2.02. The van der Waals surface area contributed by atoms with Gasteiger partial charge >= 0.3 is 0 Å². The zero-order valence-electron chi connectivity index (χ0n) is 28.2. The summed E-state index contributed by atoms with van der Waals surface area (Å²) in [5.74, 6) is 0.865. The molecule has 1 aliphatic heterocycles. The zero-order valence-corrected chi connectivity index (χ0v) is 29.0. The van der Waals surface area contributed by atoms with Crippen molar-refractivity contribution in [2.45, 2.75) is 0 Å².